The van der Waals surface area contributed by atoms with Gasteiger partial charge in [-0.25, -0.2) is 9.48 Å². The number of esters is 2. The Morgan fingerprint density at radius 3 is 2.22 bits per heavy atom. The van der Waals surface area contributed by atoms with E-state index in [4.69, 9.17) is 9.47 Å². The monoisotopic (exact) mass is 366 g/mol. The van der Waals surface area contributed by atoms with E-state index in [-0.39, 0.29) is 17.1 Å². The van der Waals surface area contributed by atoms with Crippen molar-refractivity contribution >= 4 is 11.9 Å². The minimum Gasteiger partial charge on any atom is -0.426 e. The molecular weight excluding hydrogens is 348 g/mol. The van der Waals surface area contributed by atoms with Crippen LogP contribution in [-0.4, -0.2) is 21.3 Å². The van der Waals surface area contributed by atoms with Crippen molar-refractivity contribution in [3.8, 4) is 17.2 Å². The molecule has 0 radical (unpaired) electrons. The van der Waals surface area contributed by atoms with Crippen LogP contribution in [0.15, 0.2) is 59.4 Å². The maximum atomic E-state index is 12.8. The van der Waals surface area contributed by atoms with E-state index >= 15 is 0 Å². The highest BCUT2D eigenvalue weighted by Crippen LogP contribution is 2.22. The molecule has 0 amide bonds. The summed E-state index contributed by atoms with van der Waals surface area (Å²) in [4.78, 5) is 36.7. The molecule has 7 nitrogen and oxygen atoms in total. The smallest absolute Gasteiger partial charge is 0.347 e. The minimum atomic E-state index is -0.780. The number of carbonyl (C=O) groups excluding carboxylic acids is 2. The molecule has 0 saturated heterocycles. The first-order valence-corrected chi connectivity index (χ1v) is 8.23. The van der Waals surface area contributed by atoms with Crippen LogP contribution >= 0.6 is 0 Å². The Balaban J connectivity index is 1.99. The van der Waals surface area contributed by atoms with Gasteiger partial charge in [0.1, 0.15) is 11.3 Å². The Morgan fingerprint density at radius 2 is 1.56 bits per heavy atom. The second kappa shape index (κ2) is 7.33. The van der Waals surface area contributed by atoms with Crippen LogP contribution in [0, 0.1) is 6.92 Å². The van der Waals surface area contributed by atoms with Gasteiger partial charge in [-0.15, -0.1) is 0 Å². The highest BCUT2D eigenvalue weighted by Gasteiger charge is 2.23. The number of aromatic nitrogens is 2. The fraction of sp³-hybridized carbons (Fsp3) is 0.150. The third-order valence-corrected chi connectivity index (χ3v) is 4.06. The van der Waals surface area contributed by atoms with E-state index in [1.54, 1.807) is 42.9 Å². The summed E-state index contributed by atoms with van der Waals surface area (Å²) in [6.45, 7) is 2.92. The summed E-state index contributed by atoms with van der Waals surface area (Å²) in [7, 11) is 1.70. The van der Waals surface area contributed by atoms with E-state index < -0.39 is 17.5 Å². The molecule has 0 unspecified atom stereocenters. The number of carbonyl (C=O) groups is 2. The summed E-state index contributed by atoms with van der Waals surface area (Å²) in [6.07, 6.45) is 0. The number of hydrogen-bond acceptors (Lipinski definition) is 5. The van der Waals surface area contributed by atoms with Gasteiger partial charge in [0.2, 0.25) is 5.75 Å². The first-order chi connectivity index (χ1) is 12.9. The first kappa shape index (κ1) is 18.2. The Kier molecular flexibility index (Phi) is 4.94. The largest absolute Gasteiger partial charge is 0.426 e. The standard InChI is InChI=1S/C20H18N2O5/c1-13-18(19(24)22(21(13)3)15-9-5-4-6-10-15)27-20(25)16-11-7-8-12-17(16)26-14(2)23/h4-12H,1-3H3. The van der Waals surface area contributed by atoms with E-state index in [1.165, 1.54) is 23.7 Å². The second-order valence-electron chi connectivity index (χ2n) is 5.87. The van der Waals surface area contributed by atoms with E-state index in [9.17, 15) is 14.4 Å². The summed E-state index contributed by atoms with van der Waals surface area (Å²) in [6, 6.07) is 15.2. The molecule has 0 bridgehead atoms. The summed E-state index contributed by atoms with van der Waals surface area (Å²) in [5, 5.41) is 0. The quantitative estimate of drug-likeness (QED) is 0.524. The molecule has 7 heteroatoms. The minimum absolute atomic E-state index is 0.0571. The van der Waals surface area contributed by atoms with Gasteiger partial charge >= 0.3 is 17.5 Å². The number of rotatable bonds is 4. The molecule has 3 aromatic rings. The summed E-state index contributed by atoms with van der Waals surface area (Å²) in [5.74, 6) is -1.34. The lowest BCUT2D eigenvalue weighted by Crippen LogP contribution is -2.21. The third-order valence-electron chi connectivity index (χ3n) is 4.06. The van der Waals surface area contributed by atoms with Gasteiger partial charge in [-0.2, -0.15) is 0 Å². The SMILES string of the molecule is CC(=O)Oc1ccccc1C(=O)Oc1c(C)n(C)n(-c2ccccc2)c1=O. The molecule has 0 aliphatic carbocycles. The zero-order chi connectivity index (χ0) is 19.6. The van der Waals surface area contributed by atoms with E-state index in [0.29, 0.717) is 11.4 Å². The van der Waals surface area contributed by atoms with Crippen molar-refractivity contribution in [3.63, 3.8) is 0 Å². The molecule has 1 aromatic heterocycles. The normalized spacial score (nSPS) is 10.5. The molecule has 0 fully saturated rings. The van der Waals surface area contributed by atoms with Gasteiger partial charge in [-0.1, -0.05) is 30.3 Å². The average Bonchev–Trinajstić information content (AvgIpc) is 2.85. The Labute approximate surface area is 155 Å². The third kappa shape index (κ3) is 3.52. The van der Waals surface area contributed by atoms with Gasteiger partial charge in [0.05, 0.1) is 11.4 Å². The van der Waals surface area contributed by atoms with E-state index in [2.05, 4.69) is 0 Å². The van der Waals surface area contributed by atoms with Crippen molar-refractivity contribution in [1.29, 1.82) is 0 Å². The number of hydrogen-bond donors (Lipinski definition) is 0. The van der Waals surface area contributed by atoms with Crippen molar-refractivity contribution in [1.82, 2.24) is 9.36 Å². The molecule has 138 valence electrons. The molecule has 0 saturated carbocycles. The molecule has 1 heterocycles. The van der Waals surface area contributed by atoms with E-state index in [1.807, 2.05) is 18.2 Å². The van der Waals surface area contributed by atoms with Gasteiger partial charge in [-0.3, -0.25) is 14.3 Å². The summed E-state index contributed by atoms with van der Waals surface area (Å²) < 4.78 is 13.4. The molecule has 0 atom stereocenters. The van der Waals surface area contributed by atoms with Crippen molar-refractivity contribution < 1.29 is 19.1 Å². The van der Waals surface area contributed by atoms with Crippen molar-refractivity contribution in [2.75, 3.05) is 0 Å². The molecule has 27 heavy (non-hydrogen) atoms. The Bertz CT molecular complexity index is 1060. The maximum absolute atomic E-state index is 12.8. The van der Waals surface area contributed by atoms with Crippen molar-refractivity contribution in [2.45, 2.75) is 13.8 Å². The van der Waals surface area contributed by atoms with Crippen LogP contribution in [0.4, 0.5) is 0 Å². The number of benzene rings is 2. The highest BCUT2D eigenvalue weighted by molar-refractivity contribution is 5.94. The molecule has 0 N–H and O–H groups in total. The van der Waals surface area contributed by atoms with Crippen LogP contribution in [0.3, 0.4) is 0 Å². The topological polar surface area (TPSA) is 79.5 Å². The van der Waals surface area contributed by atoms with Crippen LogP contribution in [-0.2, 0) is 11.8 Å². The van der Waals surface area contributed by atoms with Crippen LogP contribution in [0.5, 0.6) is 11.5 Å². The fourth-order valence-electron chi connectivity index (χ4n) is 2.69. The van der Waals surface area contributed by atoms with Gasteiger partial charge < -0.3 is 9.47 Å². The van der Waals surface area contributed by atoms with Crippen molar-refractivity contribution in [2.24, 2.45) is 7.05 Å². The number of nitrogens with zero attached hydrogens (tertiary/aromatic N) is 2. The summed E-state index contributed by atoms with van der Waals surface area (Å²) in [5.41, 5.74) is 0.735. The highest BCUT2D eigenvalue weighted by atomic mass is 16.6. The molecule has 2 aromatic carbocycles. The average molecular weight is 366 g/mol. The van der Waals surface area contributed by atoms with Gasteiger partial charge in [0.15, 0.2) is 0 Å². The molecule has 0 spiro atoms. The summed E-state index contributed by atoms with van der Waals surface area (Å²) >= 11 is 0. The Hall–Kier alpha value is -3.61. The van der Waals surface area contributed by atoms with Gasteiger partial charge in [0.25, 0.3) is 0 Å². The van der Waals surface area contributed by atoms with Crippen LogP contribution in [0.25, 0.3) is 5.69 Å². The van der Waals surface area contributed by atoms with Crippen LogP contribution in [0.1, 0.15) is 23.0 Å². The van der Waals surface area contributed by atoms with Gasteiger partial charge in [0, 0.05) is 14.0 Å². The predicted molar refractivity (Wildman–Crippen MR) is 98.5 cm³/mol. The second-order valence-corrected chi connectivity index (χ2v) is 5.87. The zero-order valence-electron chi connectivity index (χ0n) is 15.1. The molecular formula is C20H18N2O5. The van der Waals surface area contributed by atoms with E-state index in [0.717, 1.165) is 0 Å². The predicted octanol–water partition coefficient (Wildman–Crippen LogP) is 2.63. The zero-order valence-corrected chi connectivity index (χ0v) is 15.1. The Morgan fingerprint density at radius 1 is 0.926 bits per heavy atom. The molecule has 0 aliphatic rings. The number of para-hydroxylation sites is 2. The lowest BCUT2D eigenvalue weighted by atomic mass is 10.2. The fourth-order valence-corrected chi connectivity index (χ4v) is 2.69. The molecule has 3 rings (SSSR count). The maximum Gasteiger partial charge on any atom is 0.347 e. The lowest BCUT2D eigenvalue weighted by Gasteiger charge is -2.08. The van der Waals surface area contributed by atoms with Crippen molar-refractivity contribution in [3.05, 3.63) is 76.2 Å². The lowest BCUT2D eigenvalue weighted by molar-refractivity contribution is -0.131. The van der Waals surface area contributed by atoms with Crippen LogP contribution in [0.2, 0.25) is 0 Å². The van der Waals surface area contributed by atoms with Crippen LogP contribution < -0.4 is 15.0 Å². The molecule has 0 aliphatic heterocycles. The van der Waals surface area contributed by atoms with Gasteiger partial charge in [-0.05, 0) is 31.2 Å². The first-order valence-electron chi connectivity index (χ1n) is 8.23. The number of ether oxygens (including phenoxy) is 2.